The summed E-state index contributed by atoms with van der Waals surface area (Å²) >= 11 is 1.78. The molecule has 1 aliphatic carbocycles. The third-order valence-corrected chi connectivity index (χ3v) is 5.60. The minimum atomic E-state index is 0.399. The summed E-state index contributed by atoms with van der Waals surface area (Å²) in [5.74, 6) is 0. The van der Waals surface area contributed by atoms with Crippen LogP contribution in [0.3, 0.4) is 0 Å². The number of ether oxygens (including phenoxy) is 1. The zero-order chi connectivity index (χ0) is 14.5. The van der Waals surface area contributed by atoms with Gasteiger partial charge in [-0.2, -0.15) is 0 Å². The summed E-state index contributed by atoms with van der Waals surface area (Å²) in [6, 6.07) is 0.992. The second kappa shape index (κ2) is 7.56. The maximum absolute atomic E-state index is 5.67. The smallest absolute Gasteiger partial charge is 0.209 e. The van der Waals surface area contributed by atoms with Crippen molar-refractivity contribution in [3.63, 3.8) is 0 Å². The number of nitrogens with zero attached hydrogens (tertiary/aromatic N) is 4. The predicted molar refractivity (Wildman–Crippen MR) is 82.5 cm³/mol. The molecule has 7 heteroatoms. The summed E-state index contributed by atoms with van der Waals surface area (Å²) in [5.41, 5.74) is 0. The van der Waals surface area contributed by atoms with E-state index in [0.29, 0.717) is 17.3 Å². The highest BCUT2D eigenvalue weighted by molar-refractivity contribution is 7.99. The highest BCUT2D eigenvalue weighted by Gasteiger charge is 2.29. The first-order valence-electron chi connectivity index (χ1n) is 8.14. The second-order valence-corrected chi connectivity index (χ2v) is 7.13. The van der Waals surface area contributed by atoms with Crippen molar-refractivity contribution in [1.82, 2.24) is 25.5 Å². The highest BCUT2D eigenvalue weighted by Crippen LogP contribution is 2.34. The van der Waals surface area contributed by atoms with Gasteiger partial charge >= 0.3 is 0 Å². The molecule has 118 valence electrons. The molecule has 21 heavy (non-hydrogen) atoms. The Morgan fingerprint density at radius 1 is 1.33 bits per heavy atom. The Morgan fingerprint density at radius 3 is 3.00 bits per heavy atom. The first kappa shape index (κ1) is 15.2. The van der Waals surface area contributed by atoms with Gasteiger partial charge in [0, 0.05) is 12.6 Å². The average molecular weight is 311 g/mol. The van der Waals surface area contributed by atoms with E-state index < -0.39 is 0 Å². The summed E-state index contributed by atoms with van der Waals surface area (Å²) in [7, 11) is 0. The van der Waals surface area contributed by atoms with Gasteiger partial charge in [0.15, 0.2) is 0 Å². The number of hydrogen-bond acceptors (Lipinski definition) is 6. The van der Waals surface area contributed by atoms with E-state index in [0.717, 1.165) is 37.8 Å². The van der Waals surface area contributed by atoms with E-state index in [1.165, 1.54) is 25.7 Å². The molecule has 2 unspecified atom stereocenters. The minimum absolute atomic E-state index is 0.399. The van der Waals surface area contributed by atoms with Crippen LogP contribution in [-0.4, -0.2) is 51.3 Å². The average Bonchev–Trinajstić information content (AvgIpc) is 3.17. The van der Waals surface area contributed by atoms with Crippen LogP contribution in [0.1, 0.15) is 51.5 Å². The van der Waals surface area contributed by atoms with Gasteiger partial charge in [-0.15, -0.1) is 5.10 Å². The van der Waals surface area contributed by atoms with Crippen LogP contribution in [0.5, 0.6) is 0 Å². The fraction of sp³-hybridized carbons (Fsp3) is 0.929. The first-order chi connectivity index (χ1) is 10.4. The van der Waals surface area contributed by atoms with Crippen LogP contribution >= 0.6 is 11.8 Å². The molecule has 2 aliphatic rings. The van der Waals surface area contributed by atoms with Crippen LogP contribution < -0.4 is 5.32 Å². The van der Waals surface area contributed by atoms with Gasteiger partial charge in [0.1, 0.15) is 0 Å². The maximum Gasteiger partial charge on any atom is 0.209 e. The maximum atomic E-state index is 5.67. The molecule has 2 fully saturated rings. The monoisotopic (exact) mass is 311 g/mol. The number of hydrogen-bond donors (Lipinski definition) is 1. The van der Waals surface area contributed by atoms with Gasteiger partial charge in [0.25, 0.3) is 0 Å². The quantitative estimate of drug-likeness (QED) is 0.867. The minimum Gasteiger partial charge on any atom is -0.380 e. The van der Waals surface area contributed by atoms with Crippen molar-refractivity contribution in [2.45, 2.75) is 67.9 Å². The van der Waals surface area contributed by atoms with E-state index in [9.17, 15) is 0 Å². The van der Waals surface area contributed by atoms with Crippen molar-refractivity contribution >= 4 is 11.8 Å². The summed E-state index contributed by atoms with van der Waals surface area (Å²) < 4.78 is 7.71. The Hall–Kier alpha value is -0.660. The van der Waals surface area contributed by atoms with Gasteiger partial charge in [-0.1, -0.05) is 31.5 Å². The molecule has 0 amide bonds. The van der Waals surface area contributed by atoms with E-state index in [2.05, 4.69) is 27.8 Å². The molecule has 0 spiro atoms. The molecule has 6 nitrogen and oxygen atoms in total. The van der Waals surface area contributed by atoms with Crippen LogP contribution in [0.2, 0.25) is 0 Å². The van der Waals surface area contributed by atoms with Crippen molar-refractivity contribution in [3.05, 3.63) is 0 Å². The summed E-state index contributed by atoms with van der Waals surface area (Å²) in [5, 5.41) is 17.4. The normalized spacial score (nSPS) is 27.3. The van der Waals surface area contributed by atoms with Crippen LogP contribution in [0.25, 0.3) is 0 Å². The van der Waals surface area contributed by atoms with Crippen LogP contribution in [0.4, 0.5) is 0 Å². The Labute approximate surface area is 130 Å². The Kier molecular flexibility index (Phi) is 5.49. The van der Waals surface area contributed by atoms with Gasteiger partial charge in [-0.05, 0) is 42.7 Å². The number of thioether (sulfide) groups is 1. The Morgan fingerprint density at radius 2 is 2.19 bits per heavy atom. The van der Waals surface area contributed by atoms with Crippen molar-refractivity contribution in [2.75, 3.05) is 19.8 Å². The highest BCUT2D eigenvalue weighted by atomic mass is 32.2. The Balaban J connectivity index is 1.65. The summed E-state index contributed by atoms with van der Waals surface area (Å²) in [6.07, 6.45) is 7.23. The third-order valence-electron chi connectivity index (χ3n) is 4.35. The molecule has 0 radical (unpaired) electrons. The van der Waals surface area contributed by atoms with Gasteiger partial charge in [-0.25, -0.2) is 4.68 Å². The van der Waals surface area contributed by atoms with E-state index in [1.54, 1.807) is 11.8 Å². The number of aromatic nitrogens is 4. The van der Waals surface area contributed by atoms with Crippen molar-refractivity contribution in [3.8, 4) is 0 Å². The van der Waals surface area contributed by atoms with Gasteiger partial charge in [0.2, 0.25) is 5.16 Å². The van der Waals surface area contributed by atoms with Crippen LogP contribution in [-0.2, 0) is 4.74 Å². The predicted octanol–water partition coefficient (Wildman–Crippen LogP) is 2.04. The zero-order valence-electron chi connectivity index (χ0n) is 12.7. The molecule has 2 heterocycles. The Bertz CT molecular complexity index is 435. The number of rotatable bonds is 6. The van der Waals surface area contributed by atoms with Crippen LogP contribution in [0.15, 0.2) is 5.16 Å². The van der Waals surface area contributed by atoms with E-state index in [1.807, 2.05) is 4.68 Å². The number of nitrogens with one attached hydrogen (secondary N) is 1. The van der Waals surface area contributed by atoms with E-state index >= 15 is 0 Å². The number of tetrazole rings is 1. The second-order valence-electron chi connectivity index (χ2n) is 5.92. The lowest BCUT2D eigenvalue weighted by molar-refractivity contribution is 0.0832. The molecular weight excluding hydrogens is 286 g/mol. The lowest BCUT2D eigenvalue weighted by Crippen LogP contribution is -2.45. The lowest BCUT2D eigenvalue weighted by atomic mass is 10.1. The molecule has 1 saturated carbocycles. The molecule has 1 aromatic heterocycles. The van der Waals surface area contributed by atoms with Crippen molar-refractivity contribution in [2.24, 2.45) is 0 Å². The van der Waals surface area contributed by atoms with Gasteiger partial charge < -0.3 is 10.1 Å². The van der Waals surface area contributed by atoms with Crippen molar-refractivity contribution in [1.29, 1.82) is 0 Å². The SMILES string of the molecule is CCCNC1CCOCC1Sc1nnnn1C1CCCC1. The topological polar surface area (TPSA) is 64.9 Å². The largest absolute Gasteiger partial charge is 0.380 e. The standard InChI is InChI=1S/C14H25N5OS/c1-2-8-15-12-7-9-20-10-13(12)21-14-16-17-18-19(14)11-5-3-4-6-11/h11-13,15H,2-10H2,1H3. The molecule has 1 aromatic rings. The summed E-state index contributed by atoms with van der Waals surface area (Å²) in [6.45, 7) is 4.90. The lowest BCUT2D eigenvalue weighted by Gasteiger charge is -2.31. The molecule has 0 bridgehead atoms. The fourth-order valence-corrected chi connectivity index (χ4v) is 4.38. The molecule has 1 aliphatic heterocycles. The summed E-state index contributed by atoms with van der Waals surface area (Å²) in [4.78, 5) is 0. The van der Waals surface area contributed by atoms with Gasteiger partial charge in [0.05, 0.1) is 17.9 Å². The molecular formula is C14H25N5OS. The first-order valence-corrected chi connectivity index (χ1v) is 9.02. The molecule has 0 aromatic carbocycles. The van der Waals surface area contributed by atoms with E-state index in [-0.39, 0.29) is 0 Å². The van der Waals surface area contributed by atoms with E-state index in [4.69, 9.17) is 4.74 Å². The molecule has 1 N–H and O–H groups in total. The third kappa shape index (κ3) is 3.76. The fourth-order valence-electron chi connectivity index (χ4n) is 3.17. The molecule has 2 atom stereocenters. The van der Waals surface area contributed by atoms with Gasteiger partial charge in [-0.3, -0.25) is 0 Å². The molecule has 3 rings (SSSR count). The zero-order valence-corrected chi connectivity index (χ0v) is 13.5. The van der Waals surface area contributed by atoms with Crippen molar-refractivity contribution < 1.29 is 4.74 Å². The van der Waals surface area contributed by atoms with Crippen LogP contribution in [0, 0.1) is 0 Å². The molecule has 1 saturated heterocycles.